The minimum atomic E-state index is 0.0928. The number of nitrogens with zero attached hydrogens (tertiary/aromatic N) is 4. The Morgan fingerprint density at radius 3 is 2.73 bits per heavy atom. The van der Waals surface area contributed by atoms with Gasteiger partial charge in [0, 0.05) is 17.1 Å². The van der Waals surface area contributed by atoms with Crippen LogP contribution in [0.4, 0.5) is 0 Å². The molecule has 0 aliphatic heterocycles. The van der Waals surface area contributed by atoms with E-state index in [0.29, 0.717) is 5.92 Å². The molecule has 0 amide bonds. The Bertz CT molecular complexity index is 1260. The van der Waals surface area contributed by atoms with Crippen molar-refractivity contribution in [3.8, 4) is 5.69 Å². The van der Waals surface area contributed by atoms with Gasteiger partial charge < -0.3 is 10.3 Å². The fourth-order valence-corrected chi connectivity index (χ4v) is 5.34. The van der Waals surface area contributed by atoms with Gasteiger partial charge in [-0.2, -0.15) is 4.68 Å². The summed E-state index contributed by atoms with van der Waals surface area (Å²) < 4.78 is 1.96. The van der Waals surface area contributed by atoms with Gasteiger partial charge in [-0.25, -0.2) is 0 Å². The number of benzene rings is 2. The zero-order chi connectivity index (χ0) is 22.8. The van der Waals surface area contributed by atoms with Crippen molar-refractivity contribution in [2.24, 2.45) is 5.92 Å². The third kappa shape index (κ3) is 4.35. The van der Waals surface area contributed by atoms with Crippen LogP contribution in [-0.4, -0.2) is 31.7 Å². The Morgan fingerprint density at radius 2 is 1.94 bits per heavy atom. The number of tetrazole rings is 1. The van der Waals surface area contributed by atoms with Gasteiger partial charge >= 0.3 is 0 Å². The second kappa shape index (κ2) is 9.32. The fourth-order valence-electron chi connectivity index (χ4n) is 5.34. The van der Waals surface area contributed by atoms with Crippen molar-refractivity contribution in [1.29, 1.82) is 0 Å². The molecule has 1 aliphatic rings. The quantitative estimate of drug-likeness (QED) is 0.383. The average molecular weight is 441 g/mol. The monoisotopic (exact) mass is 440 g/mol. The first-order valence-corrected chi connectivity index (χ1v) is 11.9. The van der Waals surface area contributed by atoms with E-state index in [2.05, 4.69) is 101 Å². The van der Waals surface area contributed by atoms with Gasteiger partial charge in [-0.15, -0.1) is 5.10 Å². The van der Waals surface area contributed by atoms with Crippen LogP contribution in [0.5, 0.6) is 0 Å². The highest BCUT2D eigenvalue weighted by Crippen LogP contribution is 2.32. The first-order valence-electron chi connectivity index (χ1n) is 11.9. The molecule has 2 aromatic heterocycles. The molecule has 0 radical (unpaired) electrons. The first kappa shape index (κ1) is 21.6. The molecule has 0 saturated carbocycles. The Kier molecular flexibility index (Phi) is 6.09. The lowest BCUT2D eigenvalue weighted by atomic mass is 9.87. The van der Waals surface area contributed by atoms with E-state index in [1.165, 1.54) is 33.2 Å². The zero-order valence-corrected chi connectivity index (χ0v) is 19.7. The number of hydrogen-bond donors (Lipinski definition) is 2. The molecule has 6 heteroatoms. The van der Waals surface area contributed by atoms with Gasteiger partial charge in [0.2, 0.25) is 0 Å². The number of aryl methyl sites for hydroxylation is 3. The molecular weight excluding hydrogens is 408 g/mol. The molecule has 0 unspecified atom stereocenters. The van der Waals surface area contributed by atoms with Crippen molar-refractivity contribution in [3.05, 3.63) is 82.8 Å². The highest BCUT2D eigenvalue weighted by Gasteiger charge is 2.29. The predicted molar refractivity (Wildman–Crippen MR) is 133 cm³/mol. The Labute approximate surface area is 195 Å². The number of aromatic nitrogens is 5. The maximum Gasteiger partial charge on any atom is 0.173 e. The van der Waals surface area contributed by atoms with Crippen molar-refractivity contribution in [1.82, 2.24) is 30.5 Å². The van der Waals surface area contributed by atoms with E-state index >= 15 is 0 Å². The van der Waals surface area contributed by atoms with Crippen LogP contribution in [-0.2, 0) is 6.42 Å². The van der Waals surface area contributed by atoms with Gasteiger partial charge in [-0.1, -0.05) is 48.0 Å². The van der Waals surface area contributed by atoms with E-state index in [-0.39, 0.29) is 6.04 Å². The number of para-hydroxylation sites is 1. The summed E-state index contributed by atoms with van der Waals surface area (Å²) in [6, 6.07) is 13.0. The molecule has 1 aliphatic carbocycles. The molecule has 2 heterocycles. The number of rotatable bonds is 7. The standard InChI is InChI=1S/C27H32N6/c1-18-15-19(2)26(20(3)16-18)33-27(30-31-32-33)25(21-9-5-4-6-10-21)28-14-13-22-17-29-24-12-8-7-11-23(22)24/h4-5,7-8,11-12,15-17,21,25,28-29H,6,9-10,13-14H2,1-3H3/t21-,25-/m0/s1. The van der Waals surface area contributed by atoms with E-state index < -0.39 is 0 Å². The molecule has 0 bridgehead atoms. The van der Waals surface area contributed by atoms with E-state index in [1.807, 2.05) is 4.68 Å². The summed E-state index contributed by atoms with van der Waals surface area (Å²) in [5.74, 6) is 1.37. The van der Waals surface area contributed by atoms with Gasteiger partial charge in [-0.3, -0.25) is 0 Å². The summed E-state index contributed by atoms with van der Waals surface area (Å²) in [4.78, 5) is 3.39. The Morgan fingerprint density at radius 1 is 1.12 bits per heavy atom. The number of fused-ring (bicyclic) bond motifs is 1. The largest absolute Gasteiger partial charge is 0.361 e. The molecule has 2 aromatic carbocycles. The topological polar surface area (TPSA) is 71.4 Å². The van der Waals surface area contributed by atoms with Crippen LogP contribution in [0.1, 0.15) is 53.4 Å². The van der Waals surface area contributed by atoms with Gasteiger partial charge in [0.1, 0.15) is 0 Å². The molecule has 170 valence electrons. The average Bonchev–Trinajstić information content (AvgIpc) is 3.44. The van der Waals surface area contributed by atoms with E-state index in [9.17, 15) is 0 Å². The minimum Gasteiger partial charge on any atom is -0.361 e. The molecule has 0 fully saturated rings. The number of hydrogen-bond acceptors (Lipinski definition) is 4. The van der Waals surface area contributed by atoms with Crippen molar-refractivity contribution in [2.45, 2.75) is 52.5 Å². The summed E-state index contributed by atoms with van der Waals surface area (Å²) in [5.41, 5.74) is 7.27. The molecule has 2 atom stereocenters. The second-order valence-corrected chi connectivity index (χ2v) is 9.28. The number of aromatic amines is 1. The van der Waals surface area contributed by atoms with Crippen molar-refractivity contribution < 1.29 is 0 Å². The van der Waals surface area contributed by atoms with E-state index in [0.717, 1.165) is 43.7 Å². The normalized spacial score (nSPS) is 17.0. The molecule has 2 N–H and O–H groups in total. The highest BCUT2D eigenvalue weighted by atomic mass is 15.5. The molecule has 4 aromatic rings. The smallest absolute Gasteiger partial charge is 0.173 e. The van der Waals surface area contributed by atoms with Gasteiger partial charge in [0.15, 0.2) is 5.82 Å². The molecule has 6 nitrogen and oxygen atoms in total. The Balaban J connectivity index is 1.43. The SMILES string of the molecule is Cc1cc(C)c(-n2nnnc2[C@@H](NCCc2c[nH]c3ccccc23)[C@H]2CC=CCC2)c(C)c1. The van der Waals surface area contributed by atoms with Crippen LogP contribution in [0.15, 0.2) is 54.7 Å². The maximum atomic E-state index is 4.55. The molecule has 5 rings (SSSR count). The zero-order valence-electron chi connectivity index (χ0n) is 19.7. The summed E-state index contributed by atoms with van der Waals surface area (Å²) in [6.07, 6.45) is 11.0. The lowest BCUT2D eigenvalue weighted by molar-refractivity contribution is 0.321. The van der Waals surface area contributed by atoms with Gasteiger partial charge in [0.05, 0.1) is 11.7 Å². The van der Waals surface area contributed by atoms with Gasteiger partial charge in [-0.05, 0) is 92.1 Å². The summed E-state index contributed by atoms with van der Waals surface area (Å²) in [5, 5.41) is 18.3. The third-order valence-corrected chi connectivity index (χ3v) is 6.83. The number of H-pyrrole nitrogens is 1. The molecule has 0 saturated heterocycles. The van der Waals surface area contributed by atoms with E-state index in [4.69, 9.17) is 0 Å². The Hall–Kier alpha value is -3.25. The minimum absolute atomic E-state index is 0.0928. The van der Waals surface area contributed by atoms with Crippen LogP contribution in [0.25, 0.3) is 16.6 Å². The van der Waals surface area contributed by atoms with Gasteiger partial charge in [0.25, 0.3) is 0 Å². The summed E-state index contributed by atoms with van der Waals surface area (Å²) >= 11 is 0. The number of nitrogens with one attached hydrogen (secondary N) is 2. The highest BCUT2D eigenvalue weighted by molar-refractivity contribution is 5.83. The third-order valence-electron chi connectivity index (χ3n) is 6.83. The summed E-state index contributed by atoms with van der Waals surface area (Å²) in [6.45, 7) is 7.28. The van der Waals surface area contributed by atoms with Crippen molar-refractivity contribution >= 4 is 10.9 Å². The van der Waals surface area contributed by atoms with E-state index in [1.54, 1.807) is 0 Å². The molecule has 33 heavy (non-hydrogen) atoms. The maximum absolute atomic E-state index is 4.55. The second-order valence-electron chi connectivity index (χ2n) is 9.28. The lowest BCUT2D eigenvalue weighted by Gasteiger charge is -2.28. The van der Waals surface area contributed by atoms with Crippen LogP contribution in [0.3, 0.4) is 0 Å². The van der Waals surface area contributed by atoms with Crippen molar-refractivity contribution in [3.63, 3.8) is 0 Å². The van der Waals surface area contributed by atoms with Crippen molar-refractivity contribution in [2.75, 3.05) is 6.54 Å². The number of allylic oxidation sites excluding steroid dienone is 2. The molecular formula is C27H32N6. The first-order chi connectivity index (χ1) is 16.1. The molecule has 0 spiro atoms. The lowest BCUT2D eigenvalue weighted by Crippen LogP contribution is -2.33. The van der Waals surface area contributed by atoms with Crippen LogP contribution in [0, 0.1) is 26.7 Å². The van der Waals surface area contributed by atoms with Crippen LogP contribution < -0.4 is 5.32 Å². The fraction of sp³-hybridized carbons (Fsp3) is 0.370. The predicted octanol–water partition coefficient (Wildman–Crippen LogP) is 5.30. The summed E-state index contributed by atoms with van der Waals surface area (Å²) in [7, 11) is 0. The van der Waals surface area contributed by atoms with Crippen LogP contribution in [0.2, 0.25) is 0 Å². The van der Waals surface area contributed by atoms with Crippen LogP contribution >= 0.6 is 0 Å².